The molecule has 0 radical (unpaired) electrons. The van der Waals surface area contributed by atoms with Crippen LogP contribution in [0, 0.1) is 0 Å². The zero-order chi connectivity index (χ0) is 18.0. The predicted molar refractivity (Wildman–Crippen MR) is 96.8 cm³/mol. The molecule has 1 aliphatic carbocycles. The van der Waals surface area contributed by atoms with Crippen LogP contribution < -0.4 is 10.6 Å². The summed E-state index contributed by atoms with van der Waals surface area (Å²) in [5, 5.41) is 0. The van der Waals surface area contributed by atoms with Crippen LogP contribution in [0.2, 0.25) is 0 Å². The molecule has 0 fully saturated rings. The third-order valence-electron chi connectivity index (χ3n) is 4.25. The maximum absolute atomic E-state index is 10.2. The molecule has 0 bridgehead atoms. The van der Waals surface area contributed by atoms with Crippen molar-refractivity contribution in [2.24, 2.45) is 15.8 Å². The summed E-state index contributed by atoms with van der Waals surface area (Å²) < 4.78 is 10.2. The first-order chi connectivity index (χ1) is 12.7. The van der Waals surface area contributed by atoms with Gasteiger partial charge in [-0.3, -0.25) is 9.79 Å². The number of benzene rings is 1. The first kappa shape index (κ1) is 16.2. The fourth-order valence-electron chi connectivity index (χ4n) is 2.92. The lowest BCUT2D eigenvalue weighted by molar-refractivity contribution is -0.750. The van der Waals surface area contributed by atoms with E-state index in [1.807, 2.05) is 42.5 Å². The fourth-order valence-corrected chi connectivity index (χ4v) is 2.92. The van der Waals surface area contributed by atoms with Crippen LogP contribution in [0.15, 0.2) is 81.8 Å². The molecule has 0 aromatic heterocycles. The summed E-state index contributed by atoms with van der Waals surface area (Å²) in [7, 11) is 0. The van der Waals surface area contributed by atoms with Crippen molar-refractivity contribution in [1.82, 2.24) is 0 Å². The molecule has 1 aromatic rings. The number of hydrogen-bond acceptors (Lipinski definition) is 6. The SMILES string of the molecule is N[N+]12C=CN=CC1=C(C1=CC=C1)N=C2c1cccc(OCCOC=O)c1. The number of quaternary nitrogens is 1. The third-order valence-corrected chi connectivity index (χ3v) is 4.25. The molecule has 2 aliphatic heterocycles. The number of fused-ring (bicyclic) bond motifs is 1. The molecule has 0 amide bonds. The lowest BCUT2D eigenvalue weighted by Gasteiger charge is -2.26. The summed E-state index contributed by atoms with van der Waals surface area (Å²) in [6, 6.07) is 7.52. The van der Waals surface area contributed by atoms with Crippen molar-refractivity contribution in [2.45, 2.75) is 0 Å². The summed E-state index contributed by atoms with van der Waals surface area (Å²) >= 11 is 0. The number of carbonyl (C=O) groups is 1. The second-order valence-electron chi connectivity index (χ2n) is 5.85. The van der Waals surface area contributed by atoms with Gasteiger partial charge in [0.1, 0.15) is 30.9 Å². The van der Waals surface area contributed by atoms with Crippen LogP contribution >= 0.6 is 0 Å². The van der Waals surface area contributed by atoms with Crippen molar-refractivity contribution < 1.29 is 18.9 Å². The van der Waals surface area contributed by atoms with Gasteiger partial charge in [-0.25, -0.2) is 0 Å². The molecular formula is C19H17N4O3+. The number of nitrogens with two attached hydrogens (primary N) is 1. The van der Waals surface area contributed by atoms with Crippen molar-refractivity contribution >= 4 is 18.5 Å². The summed E-state index contributed by atoms with van der Waals surface area (Å²) in [5.41, 5.74) is 3.52. The topological polar surface area (TPSA) is 86.3 Å². The Labute approximate surface area is 150 Å². The number of rotatable bonds is 7. The lowest BCUT2D eigenvalue weighted by atomic mass is 10.0. The average Bonchev–Trinajstić information content (AvgIpc) is 2.91. The maximum atomic E-state index is 10.2. The number of hydrogen-bond donors (Lipinski definition) is 1. The molecule has 4 rings (SSSR count). The highest BCUT2D eigenvalue weighted by Gasteiger charge is 2.44. The lowest BCUT2D eigenvalue weighted by Crippen LogP contribution is -2.53. The summed E-state index contributed by atoms with van der Waals surface area (Å²) in [4.78, 5) is 19.2. The zero-order valence-electron chi connectivity index (χ0n) is 13.9. The molecule has 1 aromatic carbocycles. The summed E-state index contributed by atoms with van der Waals surface area (Å²) in [5.74, 6) is 8.00. The van der Waals surface area contributed by atoms with E-state index < -0.39 is 0 Å². The first-order valence-corrected chi connectivity index (χ1v) is 8.12. The van der Waals surface area contributed by atoms with Crippen LogP contribution in [0.3, 0.4) is 0 Å². The zero-order valence-corrected chi connectivity index (χ0v) is 13.9. The molecular weight excluding hydrogens is 332 g/mol. The van der Waals surface area contributed by atoms with E-state index in [9.17, 15) is 4.79 Å². The normalized spacial score (nSPS) is 22.5. The Balaban J connectivity index is 1.64. The van der Waals surface area contributed by atoms with E-state index in [2.05, 4.69) is 9.73 Å². The van der Waals surface area contributed by atoms with E-state index >= 15 is 0 Å². The van der Waals surface area contributed by atoms with E-state index in [0.717, 1.165) is 22.5 Å². The number of carbonyl (C=O) groups excluding carboxylic acids is 1. The van der Waals surface area contributed by atoms with E-state index in [1.54, 1.807) is 18.6 Å². The average molecular weight is 349 g/mol. The Bertz CT molecular complexity index is 940. The quantitative estimate of drug-likeness (QED) is 0.353. The molecule has 0 saturated carbocycles. The Morgan fingerprint density at radius 1 is 1.27 bits per heavy atom. The molecule has 3 aliphatic rings. The Hall–Kier alpha value is -3.29. The predicted octanol–water partition coefficient (Wildman–Crippen LogP) is 1.95. The van der Waals surface area contributed by atoms with E-state index in [4.69, 9.17) is 15.6 Å². The van der Waals surface area contributed by atoms with Crippen LogP contribution in [0.4, 0.5) is 0 Å². The van der Waals surface area contributed by atoms with Gasteiger partial charge in [0.05, 0.1) is 18.0 Å². The maximum Gasteiger partial charge on any atom is 0.293 e. The highest BCUT2D eigenvalue weighted by atomic mass is 16.5. The number of allylic oxidation sites excluding steroid dienone is 4. The molecule has 7 nitrogen and oxygen atoms in total. The summed E-state index contributed by atoms with van der Waals surface area (Å²) in [6.45, 7) is 0.870. The summed E-state index contributed by atoms with van der Waals surface area (Å²) in [6.07, 6.45) is 11.2. The molecule has 2 N–H and O–H groups in total. The van der Waals surface area contributed by atoms with Crippen LogP contribution in [0.1, 0.15) is 5.56 Å². The van der Waals surface area contributed by atoms with E-state index in [1.165, 1.54) is 0 Å². The largest absolute Gasteiger partial charge is 0.490 e. The van der Waals surface area contributed by atoms with Gasteiger partial charge in [-0.1, -0.05) is 24.3 Å². The smallest absolute Gasteiger partial charge is 0.293 e. The highest BCUT2D eigenvalue weighted by Crippen LogP contribution is 2.36. The molecule has 7 heteroatoms. The second kappa shape index (κ2) is 6.55. The molecule has 130 valence electrons. The second-order valence-corrected chi connectivity index (χ2v) is 5.85. The van der Waals surface area contributed by atoms with Crippen LogP contribution in [-0.4, -0.2) is 36.3 Å². The first-order valence-electron chi connectivity index (χ1n) is 8.12. The van der Waals surface area contributed by atoms with Gasteiger partial charge in [0.25, 0.3) is 12.3 Å². The van der Waals surface area contributed by atoms with Crippen molar-refractivity contribution in [3.8, 4) is 5.75 Å². The number of nitrogens with zero attached hydrogens (tertiary/aromatic N) is 3. The van der Waals surface area contributed by atoms with Crippen LogP contribution in [0.5, 0.6) is 5.75 Å². The van der Waals surface area contributed by atoms with Gasteiger partial charge in [-0.05, 0) is 18.2 Å². The number of ether oxygens (including phenoxy) is 2. The van der Waals surface area contributed by atoms with Crippen molar-refractivity contribution in [3.63, 3.8) is 0 Å². The Morgan fingerprint density at radius 2 is 2.15 bits per heavy atom. The Morgan fingerprint density at radius 3 is 2.92 bits per heavy atom. The minimum Gasteiger partial charge on any atom is -0.490 e. The van der Waals surface area contributed by atoms with Crippen molar-refractivity contribution in [2.75, 3.05) is 13.2 Å². The Kier molecular flexibility index (Phi) is 4.08. The van der Waals surface area contributed by atoms with Gasteiger partial charge in [0.2, 0.25) is 5.70 Å². The van der Waals surface area contributed by atoms with Gasteiger partial charge in [0.15, 0.2) is 0 Å². The molecule has 26 heavy (non-hydrogen) atoms. The number of amidine groups is 1. The number of aliphatic imine (C=N–C) groups is 2. The van der Waals surface area contributed by atoms with Gasteiger partial charge in [-0.2, -0.15) is 10.8 Å². The molecule has 1 atom stereocenters. The van der Waals surface area contributed by atoms with E-state index in [-0.39, 0.29) is 17.8 Å². The molecule has 0 spiro atoms. The molecule has 2 heterocycles. The van der Waals surface area contributed by atoms with Crippen LogP contribution in [-0.2, 0) is 9.53 Å². The van der Waals surface area contributed by atoms with Crippen molar-refractivity contribution in [1.29, 1.82) is 0 Å². The standard InChI is InChI=1S/C19H17N4O3/c20-23-8-7-21-12-17(23)18(14-3-1-4-14)22-19(23)15-5-2-6-16(11-15)26-10-9-25-13-24/h1-8,11-13H,9-10,20H2/q+1. The van der Waals surface area contributed by atoms with Gasteiger partial charge in [0, 0.05) is 5.57 Å². The van der Waals surface area contributed by atoms with E-state index in [0.29, 0.717) is 18.1 Å². The highest BCUT2D eigenvalue weighted by molar-refractivity contribution is 6.01. The van der Waals surface area contributed by atoms with Crippen LogP contribution in [0.25, 0.3) is 0 Å². The molecule has 1 unspecified atom stereocenters. The van der Waals surface area contributed by atoms with Gasteiger partial charge >= 0.3 is 0 Å². The fraction of sp³-hybridized carbons (Fsp3) is 0.105. The third kappa shape index (κ3) is 2.69. The molecule has 0 saturated heterocycles. The monoisotopic (exact) mass is 349 g/mol. The minimum atomic E-state index is -0.0400. The van der Waals surface area contributed by atoms with Crippen molar-refractivity contribution in [3.05, 3.63) is 77.4 Å². The minimum absolute atomic E-state index is 0.0400. The van der Waals surface area contributed by atoms with Gasteiger partial charge < -0.3 is 9.47 Å². The van der Waals surface area contributed by atoms with Gasteiger partial charge in [-0.15, -0.1) is 4.59 Å².